The molecule has 2 unspecified atom stereocenters. The fourth-order valence-electron chi connectivity index (χ4n) is 11.7. The second-order valence-corrected chi connectivity index (χ2v) is 20.0. The summed E-state index contributed by atoms with van der Waals surface area (Å²) >= 11 is 0. The molecule has 8 aliphatic rings. The summed E-state index contributed by atoms with van der Waals surface area (Å²) in [5, 5.41) is 34.3. The summed E-state index contributed by atoms with van der Waals surface area (Å²) in [6, 6.07) is 0. The molecule has 0 aromatic rings. The van der Waals surface area contributed by atoms with Crippen LogP contribution in [0, 0.1) is 23.7 Å². The maximum Gasteiger partial charge on any atom is 0.316 e. The molecule has 2 bridgehead atoms. The third kappa shape index (κ3) is 9.82. The Balaban J connectivity index is 1.08. The second kappa shape index (κ2) is 20.1. The first-order valence-corrected chi connectivity index (χ1v) is 24.0. The Labute approximate surface area is 379 Å². The molecule has 1 spiro atoms. The molecule has 19 atom stereocenters. The average molecular weight is 899 g/mol. The molecule has 3 N–H and O–H groups in total. The van der Waals surface area contributed by atoms with Crippen LogP contribution in [0.5, 0.6) is 0 Å². The van der Waals surface area contributed by atoms with Gasteiger partial charge < -0.3 is 62.7 Å². The number of fused-ring (bicyclic) bond motifs is 2. The van der Waals surface area contributed by atoms with Gasteiger partial charge in [0.05, 0.1) is 49.3 Å². The van der Waals surface area contributed by atoms with E-state index in [9.17, 15) is 20.1 Å². The molecule has 358 valence electrons. The highest BCUT2D eigenvalue weighted by Crippen LogP contribution is 2.48. The molecule has 6 heterocycles. The number of methoxy groups -OCH3 is 2. The maximum absolute atomic E-state index is 14.4. The highest BCUT2D eigenvalue weighted by Gasteiger charge is 2.60. The SMILES string of the molecule is CO[C@H]1C[C@H](OC2/C(C)=C\C[C@@H]3C[C@@H](C[C@]4(C=C[C@H](C)[C@@H](C5CCCCC5)O4)O3)OC(=O)[C@H]3C=C(C)[C@@H](O)[C@H]4OC/C(=C/C=C/[C@@H]2C)[C@@]34O)O[C@@H](C)C1O[C@H]1C[C@H](OC)[C@@H](O)[C@H](C)O1. The van der Waals surface area contributed by atoms with Gasteiger partial charge in [-0.25, -0.2) is 0 Å². The Morgan fingerprint density at radius 1 is 0.812 bits per heavy atom. The monoisotopic (exact) mass is 899 g/mol. The number of aliphatic hydroxyl groups excluding tert-OH is 2. The van der Waals surface area contributed by atoms with Crippen LogP contribution in [0.25, 0.3) is 0 Å². The normalized spacial score (nSPS) is 49.2. The first kappa shape index (κ1) is 48.2. The average Bonchev–Trinajstić information content (AvgIpc) is 3.62. The highest BCUT2D eigenvalue weighted by atomic mass is 16.7. The molecular formula is C50H74O14. The molecule has 0 amide bonds. The number of ether oxygens (including phenoxy) is 10. The van der Waals surface area contributed by atoms with Crippen molar-refractivity contribution >= 4 is 5.97 Å². The van der Waals surface area contributed by atoms with Gasteiger partial charge in [0.25, 0.3) is 0 Å². The molecule has 6 aliphatic heterocycles. The summed E-state index contributed by atoms with van der Waals surface area (Å²) in [6.07, 6.45) is 13.8. The second-order valence-electron chi connectivity index (χ2n) is 20.0. The zero-order chi connectivity index (χ0) is 45.5. The molecule has 14 nitrogen and oxygen atoms in total. The number of aliphatic hydroxyl groups is 3. The van der Waals surface area contributed by atoms with E-state index in [2.05, 4.69) is 32.9 Å². The lowest BCUT2D eigenvalue weighted by atomic mass is 9.71. The summed E-state index contributed by atoms with van der Waals surface area (Å²) in [6.45, 7) is 11.9. The maximum atomic E-state index is 14.4. The van der Waals surface area contributed by atoms with Gasteiger partial charge in [-0.05, 0) is 75.7 Å². The summed E-state index contributed by atoms with van der Waals surface area (Å²) < 4.78 is 64.1. The van der Waals surface area contributed by atoms with Crippen molar-refractivity contribution in [2.45, 2.75) is 203 Å². The minimum atomic E-state index is -1.83. The number of hydrogen-bond donors (Lipinski definition) is 3. The number of esters is 1. The third-order valence-electron chi connectivity index (χ3n) is 15.4. The molecule has 5 fully saturated rings. The van der Waals surface area contributed by atoms with E-state index in [0.29, 0.717) is 49.2 Å². The minimum absolute atomic E-state index is 0.0242. The highest BCUT2D eigenvalue weighted by molar-refractivity contribution is 5.78. The third-order valence-corrected chi connectivity index (χ3v) is 15.4. The number of carbonyl (C=O) groups is 1. The van der Waals surface area contributed by atoms with Crippen LogP contribution in [0.4, 0.5) is 0 Å². The Bertz CT molecular complexity index is 1790. The van der Waals surface area contributed by atoms with E-state index < -0.39 is 90.8 Å². The zero-order valence-electron chi connectivity index (χ0n) is 39.0. The lowest BCUT2D eigenvalue weighted by Crippen LogP contribution is -2.58. The lowest BCUT2D eigenvalue weighted by molar-refractivity contribution is -0.318. The number of allylic oxidation sites excluding steroid dienone is 2. The fraction of sp³-hybridized carbons (Fsp3) is 0.780. The van der Waals surface area contributed by atoms with Crippen molar-refractivity contribution in [2.24, 2.45) is 23.7 Å². The Morgan fingerprint density at radius 3 is 2.28 bits per heavy atom. The summed E-state index contributed by atoms with van der Waals surface area (Å²) in [5.41, 5.74) is 0.166. The first-order chi connectivity index (χ1) is 30.6. The fourth-order valence-corrected chi connectivity index (χ4v) is 11.7. The molecule has 0 aromatic heterocycles. The Kier molecular flexibility index (Phi) is 15.1. The number of carbonyl (C=O) groups excluding carboxylic acids is 1. The molecule has 1 saturated carbocycles. The smallest absolute Gasteiger partial charge is 0.316 e. The van der Waals surface area contributed by atoms with E-state index in [0.717, 1.165) is 18.4 Å². The predicted octanol–water partition coefficient (Wildman–Crippen LogP) is 5.91. The van der Waals surface area contributed by atoms with E-state index in [-0.39, 0.29) is 36.8 Å². The zero-order valence-corrected chi connectivity index (χ0v) is 39.0. The molecule has 8 rings (SSSR count). The van der Waals surface area contributed by atoms with Crippen LogP contribution in [0.15, 0.2) is 59.3 Å². The molecule has 4 saturated heterocycles. The predicted molar refractivity (Wildman–Crippen MR) is 234 cm³/mol. The molecule has 2 aliphatic carbocycles. The summed E-state index contributed by atoms with van der Waals surface area (Å²) in [4.78, 5) is 14.4. The van der Waals surface area contributed by atoms with Crippen molar-refractivity contribution in [3.8, 4) is 0 Å². The van der Waals surface area contributed by atoms with Crippen LogP contribution < -0.4 is 0 Å². The molecule has 64 heavy (non-hydrogen) atoms. The van der Waals surface area contributed by atoms with E-state index in [1.54, 1.807) is 40.2 Å². The van der Waals surface area contributed by atoms with Crippen molar-refractivity contribution in [2.75, 3.05) is 20.8 Å². The van der Waals surface area contributed by atoms with Crippen molar-refractivity contribution in [3.05, 3.63) is 59.3 Å². The van der Waals surface area contributed by atoms with Gasteiger partial charge >= 0.3 is 5.97 Å². The van der Waals surface area contributed by atoms with Crippen molar-refractivity contribution in [3.63, 3.8) is 0 Å². The van der Waals surface area contributed by atoms with Crippen LogP contribution >= 0.6 is 0 Å². The summed E-state index contributed by atoms with van der Waals surface area (Å²) in [7, 11) is 3.23. The molecule has 14 heteroatoms. The van der Waals surface area contributed by atoms with E-state index in [4.69, 9.17) is 47.4 Å². The molecular weight excluding hydrogens is 825 g/mol. The van der Waals surface area contributed by atoms with Crippen molar-refractivity contribution < 1.29 is 67.5 Å². The topological polar surface area (TPSA) is 170 Å². The van der Waals surface area contributed by atoms with E-state index in [1.807, 2.05) is 25.2 Å². The molecule has 0 aromatic carbocycles. The van der Waals surface area contributed by atoms with Gasteiger partial charge in [0, 0.05) is 51.7 Å². The minimum Gasteiger partial charge on any atom is -0.462 e. The summed E-state index contributed by atoms with van der Waals surface area (Å²) in [5.74, 6) is -2.32. The van der Waals surface area contributed by atoms with Gasteiger partial charge in [0.2, 0.25) is 0 Å². The van der Waals surface area contributed by atoms with E-state index in [1.165, 1.54) is 19.3 Å². The largest absolute Gasteiger partial charge is 0.462 e. The van der Waals surface area contributed by atoms with Crippen LogP contribution in [-0.4, -0.2) is 139 Å². The van der Waals surface area contributed by atoms with Crippen LogP contribution in [0.3, 0.4) is 0 Å². The van der Waals surface area contributed by atoms with Gasteiger partial charge in [-0.15, -0.1) is 0 Å². The standard InChI is InChI=1S/C50H74O14/c1-27-13-12-16-34-26-57-47-42(51)30(4)21-37(50(34,47)54)48(53)60-36-22-35(63-49(25-36)20-19-29(3)45(64-49)33-14-10-9-11-15-33)18-17-28(2)44(27)61-41-24-39(56-8)46(32(6)59-41)62-40-23-38(55-7)43(52)31(5)58-40/h12-13,16-17,19-21,27,29,31-33,35-47,51-52,54H,9-11,14-15,18,22-26H2,1-8H3/b13-12+,28-17-,34-16-/t27-,29-,31-,32-,35+,36-,37+,38-,39-,40-,41-,42+,43-,44?,45-,46?,47+,49+,50+/m0/s1. The lowest BCUT2D eigenvalue weighted by Gasteiger charge is -2.49. The van der Waals surface area contributed by atoms with Crippen molar-refractivity contribution in [1.82, 2.24) is 0 Å². The van der Waals surface area contributed by atoms with Crippen LogP contribution in [0.1, 0.15) is 106 Å². The van der Waals surface area contributed by atoms with Gasteiger partial charge in [-0.3, -0.25) is 4.79 Å². The van der Waals surface area contributed by atoms with Gasteiger partial charge in [-0.2, -0.15) is 0 Å². The molecule has 0 radical (unpaired) electrons. The van der Waals surface area contributed by atoms with Gasteiger partial charge in [0.15, 0.2) is 18.4 Å². The number of rotatable bonds is 7. The van der Waals surface area contributed by atoms with Crippen molar-refractivity contribution in [1.29, 1.82) is 0 Å². The van der Waals surface area contributed by atoms with E-state index >= 15 is 0 Å². The quantitative estimate of drug-likeness (QED) is 0.204. The van der Waals surface area contributed by atoms with Crippen LogP contribution in [0.2, 0.25) is 0 Å². The number of hydrogen-bond acceptors (Lipinski definition) is 14. The Hall–Kier alpha value is -2.31. The van der Waals surface area contributed by atoms with Gasteiger partial charge in [0.1, 0.15) is 42.0 Å². The van der Waals surface area contributed by atoms with Gasteiger partial charge in [-0.1, -0.05) is 69.6 Å². The first-order valence-electron chi connectivity index (χ1n) is 24.0. The van der Waals surface area contributed by atoms with Crippen LogP contribution in [-0.2, 0) is 52.2 Å². The Morgan fingerprint density at radius 2 is 1.53 bits per heavy atom.